The summed E-state index contributed by atoms with van der Waals surface area (Å²) in [6, 6.07) is 19.5. The zero-order valence-electron chi connectivity index (χ0n) is 25.4. The third kappa shape index (κ3) is 9.98. The van der Waals surface area contributed by atoms with Crippen molar-refractivity contribution in [2.45, 2.75) is 72.0 Å². The van der Waals surface area contributed by atoms with E-state index in [0.29, 0.717) is 22.2 Å². The molecule has 7 nitrogen and oxygen atoms in total. The number of carbonyl (C=O) groups excluding carboxylic acids is 2. The van der Waals surface area contributed by atoms with Crippen LogP contribution in [-0.4, -0.2) is 50.0 Å². The molecule has 0 radical (unpaired) electrons. The average Bonchev–Trinajstić information content (AvgIpc) is 2.96. The summed E-state index contributed by atoms with van der Waals surface area (Å²) in [7, 11) is -3.60. The van der Waals surface area contributed by atoms with Crippen molar-refractivity contribution in [2.24, 2.45) is 0 Å². The number of hydrogen-bond donors (Lipinski definition) is 1. The first-order chi connectivity index (χ1) is 20.3. The summed E-state index contributed by atoms with van der Waals surface area (Å²) in [6.07, 6.45) is 2.53. The van der Waals surface area contributed by atoms with Gasteiger partial charge in [0.1, 0.15) is 6.04 Å². The van der Waals surface area contributed by atoms with Crippen LogP contribution in [0.3, 0.4) is 0 Å². The molecule has 3 rings (SSSR count). The highest BCUT2D eigenvalue weighted by Crippen LogP contribution is 2.26. The lowest BCUT2D eigenvalue weighted by molar-refractivity contribution is -0.141. The molecule has 3 aromatic rings. The molecule has 0 fully saturated rings. The van der Waals surface area contributed by atoms with E-state index in [1.165, 1.54) is 10.6 Å². The fraction of sp³-hybridized carbons (Fsp3) is 0.394. The van der Waals surface area contributed by atoms with E-state index in [4.69, 9.17) is 23.2 Å². The Hall–Kier alpha value is -3.07. The van der Waals surface area contributed by atoms with Crippen LogP contribution in [0.15, 0.2) is 66.7 Å². The second-order valence-electron chi connectivity index (χ2n) is 11.0. The molecule has 0 aromatic heterocycles. The Kier molecular flexibility index (Phi) is 12.5. The summed E-state index contributed by atoms with van der Waals surface area (Å²) in [5.41, 5.74) is 4.00. The summed E-state index contributed by atoms with van der Waals surface area (Å²) in [6.45, 7) is 7.94. The van der Waals surface area contributed by atoms with Crippen LogP contribution in [0.25, 0.3) is 0 Å². The van der Waals surface area contributed by atoms with Gasteiger partial charge in [0, 0.05) is 32.0 Å². The SMILES string of the molecule is CC[C@@H](C)NC(=O)[C@@H](Cc1ccccc1)N(Cc1ccc(Cl)c(Cl)c1)C(=O)CCCN(c1cc(C)ccc1C)S(C)(=O)=O. The molecule has 0 bridgehead atoms. The molecule has 10 heteroatoms. The molecule has 1 N–H and O–H groups in total. The van der Waals surface area contributed by atoms with Crippen LogP contribution < -0.4 is 9.62 Å². The molecule has 0 aliphatic rings. The van der Waals surface area contributed by atoms with Crippen LogP contribution in [-0.2, 0) is 32.6 Å². The van der Waals surface area contributed by atoms with E-state index in [1.54, 1.807) is 23.1 Å². The number of rotatable bonds is 14. The summed E-state index contributed by atoms with van der Waals surface area (Å²) >= 11 is 12.5. The van der Waals surface area contributed by atoms with Crippen molar-refractivity contribution in [1.82, 2.24) is 10.2 Å². The van der Waals surface area contributed by atoms with Gasteiger partial charge in [0.2, 0.25) is 21.8 Å². The van der Waals surface area contributed by atoms with Crippen molar-refractivity contribution in [3.05, 3.63) is 99.0 Å². The standard InChI is InChI=1S/C33H41Cl2N3O4S/c1-6-25(4)36-33(40)31(21-26-11-8-7-9-12-26)37(22-27-16-17-28(34)29(35)20-27)32(39)13-10-18-38(43(5,41)42)30-19-23(2)14-15-24(30)3/h7-9,11-12,14-17,19-20,25,31H,6,10,13,18,21-22H2,1-5H3,(H,36,40)/t25-,31-/m1/s1. The molecular weight excluding hydrogens is 605 g/mol. The number of hydrogen-bond acceptors (Lipinski definition) is 4. The first-order valence-electron chi connectivity index (χ1n) is 14.4. The van der Waals surface area contributed by atoms with E-state index < -0.39 is 16.1 Å². The Balaban J connectivity index is 1.93. The number of carbonyl (C=O) groups is 2. The Morgan fingerprint density at radius 3 is 2.26 bits per heavy atom. The van der Waals surface area contributed by atoms with Crippen molar-refractivity contribution in [3.63, 3.8) is 0 Å². The molecule has 3 aromatic carbocycles. The molecule has 0 unspecified atom stereocenters. The van der Waals surface area contributed by atoms with Gasteiger partial charge in [-0.1, -0.05) is 78.7 Å². The van der Waals surface area contributed by atoms with E-state index in [-0.39, 0.29) is 43.8 Å². The molecule has 2 atom stereocenters. The van der Waals surface area contributed by atoms with Gasteiger partial charge in [-0.2, -0.15) is 0 Å². The molecule has 2 amide bonds. The van der Waals surface area contributed by atoms with E-state index in [2.05, 4.69) is 5.32 Å². The van der Waals surface area contributed by atoms with Crippen LogP contribution in [0, 0.1) is 13.8 Å². The molecule has 0 aliphatic carbocycles. The number of sulfonamides is 1. The highest BCUT2D eigenvalue weighted by Gasteiger charge is 2.31. The number of aryl methyl sites for hydroxylation is 2. The van der Waals surface area contributed by atoms with Crippen molar-refractivity contribution in [2.75, 3.05) is 17.1 Å². The van der Waals surface area contributed by atoms with Crippen LogP contribution in [0.1, 0.15) is 55.4 Å². The number of amides is 2. The predicted octanol–water partition coefficient (Wildman–Crippen LogP) is 6.71. The molecule has 232 valence electrons. The number of nitrogens with one attached hydrogen (secondary N) is 1. The topological polar surface area (TPSA) is 86.8 Å². The summed E-state index contributed by atoms with van der Waals surface area (Å²) in [5, 5.41) is 3.80. The first-order valence-corrected chi connectivity index (χ1v) is 17.0. The van der Waals surface area contributed by atoms with Gasteiger partial charge < -0.3 is 10.2 Å². The van der Waals surface area contributed by atoms with Crippen molar-refractivity contribution >= 4 is 50.7 Å². The molecule has 0 saturated carbocycles. The highest BCUT2D eigenvalue weighted by molar-refractivity contribution is 7.92. The zero-order valence-corrected chi connectivity index (χ0v) is 27.8. The second-order valence-corrected chi connectivity index (χ2v) is 13.7. The Labute approximate surface area is 266 Å². The van der Waals surface area contributed by atoms with E-state index >= 15 is 0 Å². The van der Waals surface area contributed by atoms with Crippen molar-refractivity contribution in [3.8, 4) is 0 Å². The van der Waals surface area contributed by atoms with E-state index in [9.17, 15) is 18.0 Å². The van der Waals surface area contributed by atoms with Gasteiger partial charge in [-0.25, -0.2) is 8.42 Å². The summed E-state index contributed by atoms with van der Waals surface area (Å²) < 4.78 is 26.9. The smallest absolute Gasteiger partial charge is 0.243 e. The highest BCUT2D eigenvalue weighted by atomic mass is 35.5. The Morgan fingerprint density at radius 2 is 1.63 bits per heavy atom. The maximum absolute atomic E-state index is 14.0. The predicted molar refractivity (Wildman–Crippen MR) is 176 cm³/mol. The molecule has 0 aliphatic heterocycles. The van der Waals surface area contributed by atoms with Crippen LogP contribution in [0.2, 0.25) is 10.0 Å². The molecule has 43 heavy (non-hydrogen) atoms. The van der Waals surface area contributed by atoms with Gasteiger partial charge in [0.05, 0.1) is 22.0 Å². The normalized spacial score (nSPS) is 12.8. The number of anilines is 1. The number of halogens is 2. The quantitative estimate of drug-likeness (QED) is 0.211. The lowest BCUT2D eigenvalue weighted by atomic mass is 10.0. The maximum Gasteiger partial charge on any atom is 0.243 e. The molecular formula is C33H41Cl2N3O4S. The third-order valence-electron chi connectivity index (χ3n) is 7.39. The van der Waals surface area contributed by atoms with Crippen LogP contribution in [0.5, 0.6) is 0 Å². The van der Waals surface area contributed by atoms with Crippen molar-refractivity contribution < 1.29 is 18.0 Å². The first kappa shape index (κ1) is 34.4. The van der Waals surface area contributed by atoms with Gasteiger partial charge in [-0.15, -0.1) is 0 Å². The van der Waals surface area contributed by atoms with Crippen LogP contribution in [0.4, 0.5) is 5.69 Å². The molecule has 0 heterocycles. The zero-order chi connectivity index (χ0) is 31.7. The largest absolute Gasteiger partial charge is 0.352 e. The minimum atomic E-state index is -3.60. The van der Waals surface area contributed by atoms with Gasteiger partial charge in [-0.3, -0.25) is 13.9 Å². The summed E-state index contributed by atoms with van der Waals surface area (Å²) in [4.78, 5) is 29.3. The van der Waals surface area contributed by atoms with E-state index in [1.807, 2.05) is 76.2 Å². The fourth-order valence-corrected chi connectivity index (χ4v) is 6.14. The number of nitrogens with zero attached hydrogens (tertiary/aromatic N) is 2. The van der Waals surface area contributed by atoms with Gasteiger partial charge in [-0.05, 0) is 74.1 Å². The van der Waals surface area contributed by atoms with E-state index in [0.717, 1.165) is 28.7 Å². The average molecular weight is 647 g/mol. The lowest BCUT2D eigenvalue weighted by Gasteiger charge is -2.33. The lowest BCUT2D eigenvalue weighted by Crippen LogP contribution is -2.52. The third-order valence-corrected chi connectivity index (χ3v) is 9.31. The number of benzene rings is 3. The van der Waals surface area contributed by atoms with Crippen molar-refractivity contribution in [1.29, 1.82) is 0 Å². The van der Waals surface area contributed by atoms with Gasteiger partial charge in [0.15, 0.2) is 0 Å². The summed E-state index contributed by atoms with van der Waals surface area (Å²) in [5.74, 6) is -0.513. The monoisotopic (exact) mass is 645 g/mol. The minimum absolute atomic E-state index is 0.0418. The Morgan fingerprint density at radius 1 is 0.930 bits per heavy atom. The fourth-order valence-electron chi connectivity index (χ4n) is 4.80. The van der Waals surface area contributed by atoms with Gasteiger partial charge in [0.25, 0.3) is 0 Å². The molecule has 0 spiro atoms. The minimum Gasteiger partial charge on any atom is -0.352 e. The van der Waals surface area contributed by atoms with Gasteiger partial charge >= 0.3 is 0 Å². The molecule has 0 saturated heterocycles. The second kappa shape index (κ2) is 15.6. The Bertz CT molecular complexity index is 1520. The van der Waals surface area contributed by atoms with Crippen LogP contribution >= 0.6 is 23.2 Å². The maximum atomic E-state index is 14.0.